The number of fused-ring (bicyclic) bond motifs is 1. The Morgan fingerprint density at radius 2 is 1.73 bits per heavy atom. The Balaban J connectivity index is 1.12. The van der Waals surface area contributed by atoms with Crippen molar-refractivity contribution in [2.75, 3.05) is 36.5 Å². The zero-order chi connectivity index (χ0) is 22.0. The van der Waals surface area contributed by atoms with Gasteiger partial charge in [0.05, 0.1) is 24.8 Å². The summed E-state index contributed by atoms with van der Waals surface area (Å²) < 4.78 is 12.1. The van der Waals surface area contributed by atoms with Crippen molar-refractivity contribution in [3.05, 3.63) is 42.6 Å². The van der Waals surface area contributed by atoms with Crippen molar-refractivity contribution in [2.24, 2.45) is 0 Å². The first-order valence-corrected chi connectivity index (χ1v) is 12.2. The SMILES string of the molecule is c1cc(NC2CCC(Oc3cc(N4CCOCC4)cc4nccnc34)CC2)nc(C2CC2)n1. The summed E-state index contributed by atoms with van der Waals surface area (Å²) in [6.07, 6.45) is 12.1. The number of rotatable bonds is 6. The molecule has 2 aromatic heterocycles. The van der Waals surface area contributed by atoms with Crippen molar-refractivity contribution < 1.29 is 9.47 Å². The summed E-state index contributed by atoms with van der Waals surface area (Å²) in [7, 11) is 0. The topological polar surface area (TPSA) is 85.3 Å². The zero-order valence-electron chi connectivity index (χ0n) is 18.8. The Morgan fingerprint density at radius 3 is 2.55 bits per heavy atom. The molecule has 0 unspecified atom stereocenters. The molecular weight excluding hydrogens is 416 g/mol. The van der Waals surface area contributed by atoms with Gasteiger partial charge < -0.3 is 19.7 Å². The smallest absolute Gasteiger partial charge is 0.149 e. The molecule has 0 spiro atoms. The van der Waals surface area contributed by atoms with Crippen LogP contribution in [0.5, 0.6) is 5.75 Å². The Labute approximate surface area is 193 Å². The molecule has 2 aliphatic carbocycles. The van der Waals surface area contributed by atoms with Crippen molar-refractivity contribution in [1.82, 2.24) is 19.9 Å². The van der Waals surface area contributed by atoms with Crippen molar-refractivity contribution in [1.29, 1.82) is 0 Å². The van der Waals surface area contributed by atoms with Crippen LogP contribution in [0.4, 0.5) is 11.5 Å². The van der Waals surface area contributed by atoms with E-state index in [2.05, 4.69) is 37.3 Å². The van der Waals surface area contributed by atoms with Crippen molar-refractivity contribution >= 4 is 22.5 Å². The van der Waals surface area contributed by atoms with Crippen molar-refractivity contribution in [2.45, 2.75) is 56.6 Å². The predicted octanol–water partition coefficient (Wildman–Crippen LogP) is 3.94. The van der Waals surface area contributed by atoms with E-state index < -0.39 is 0 Å². The average Bonchev–Trinajstić information content (AvgIpc) is 3.72. The normalized spacial score (nSPS) is 23.5. The highest BCUT2D eigenvalue weighted by atomic mass is 16.5. The third-order valence-electron chi connectivity index (χ3n) is 6.84. The van der Waals surface area contributed by atoms with E-state index in [1.165, 1.54) is 12.8 Å². The number of morpholine rings is 1. The standard InChI is InChI=1S/C25H30N6O2/c1-2-17(1)25-28-8-7-23(30-25)29-18-3-5-20(6-4-18)33-22-16-19(31-11-13-32-14-12-31)15-21-24(22)27-10-9-26-21/h7-10,15-18,20H,1-6,11-14H2,(H,28,29,30). The highest BCUT2D eigenvalue weighted by Gasteiger charge is 2.28. The maximum atomic E-state index is 6.54. The van der Waals surface area contributed by atoms with Gasteiger partial charge in [-0.05, 0) is 50.7 Å². The van der Waals surface area contributed by atoms with Gasteiger partial charge in [-0.15, -0.1) is 0 Å². The lowest BCUT2D eigenvalue weighted by atomic mass is 9.93. The highest BCUT2D eigenvalue weighted by molar-refractivity contribution is 5.85. The molecule has 3 heterocycles. The predicted molar refractivity (Wildman–Crippen MR) is 127 cm³/mol. The molecule has 3 aromatic rings. The quantitative estimate of drug-likeness (QED) is 0.610. The van der Waals surface area contributed by atoms with Crippen LogP contribution >= 0.6 is 0 Å². The number of benzene rings is 1. The second-order valence-electron chi connectivity index (χ2n) is 9.28. The molecule has 33 heavy (non-hydrogen) atoms. The summed E-state index contributed by atoms with van der Waals surface area (Å²) in [4.78, 5) is 20.6. The molecule has 1 aromatic carbocycles. The lowest BCUT2D eigenvalue weighted by Gasteiger charge is -2.31. The van der Waals surface area contributed by atoms with Crippen molar-refractivity contribution in [3.8, 4) is 5.75 Å². The van der Waals surface area contributed by atoms with Crippen LogP contribution in [0.2, 0.25) is 0 Å². The van der Waals surface area contributed by atoms with Crippen LogP contribution in [0.25, 0.3) is 11.0 Å². The maximum Gasteiger partial charge on any atom is 0.149 e. The first-order chi connectivity index (χ1) is 16.3. The molecule has 3 aliphatic rings. The molecule has 0 radical (unpaired) electrons. The minimum absolute atomic E-state index is 0.181. The molecule has 1 aliphatic heterocycles. The fourth-order valence-electron chi connectivity index (χ4n) is 4.83. The van der Waals surface area contributed by atoms with Gasteiger partial charge in [0, 0.05) is 55.4 Å². The van der Waals surface area contributed by atoms with E-state index in [0.29, 0.717) is 12.0 Å². The minimum Gasteiger partial charge on any atom is -0.488 e. The van der Waals surface area contributed by atoms with Gasteiger partial charge in [-0.3, -0.25) is 4.98 Å². The third kappa shape index (κ3) is 4.71. The van der Waals surface area contributed by atoms with Crippen LogP contribution in [-0.2, 0) is 4.74 Å². The van der Waals surface area contributed by atoms with Crippen molar-refractivity contribution in [3.63, 3.8) is 0 Å². The molecule has 2 saturated carbocycles. The van der Waals surface area contributed by atoms with Gasteiger partial charge in [-0.25, -0.2) is 15.0 Å². The maximum absolute atomic E-state index is 6.54. The molecule has 8 heteroatoms. The number of anilines is 2. The average molecular weight is 447 g/mol. The van der Waals surface area contributed by atoms with E-state index in [1.807, 2.05) is 12.3 Å². The summed E-state index contributed by atoms with van der Waals surface area (Å²) >= 11 is 0. The first kappa shape index (κ1) is 20.6. The summed E-state index contributed by atoms with van der Waals surface area (Å²) in [6, 6.07) is 6.64. The minimum atomic E-state index is 0.181. The van der Waals surface area contributed by atoms with E-state index in [0.717, 1.165) is 86.1 Å². The lowest BCUT2D eigenvalue weighted by molar-refractivity contribution is 0.122. The number of ether oxygens (including phenoxy) is 2. The highest BCUT2D eigenvalue weighted by Crippen LogP contribution is 2.38. The van der Waals surface area contributed by atoms with E-state index in [4.69, 9.17) is 14.5 Å². The first-order valence-electron chi connectivity index (χ1n) is 12.2. The lowest BCUT2D eigenvalue weighted by Crippen LogP contribution is -2.36. The van der Waals surface area contributed by atoms with Gasteiger partial charge in [0.25, 0.3) is 0 Å². The molecule has 1 saturated heterocycles. The Bertz CT molecular complexity index is 1110. The fraction of sp³-hybridized carbons (Fsp3) is 0.520. The van der Waals surface area contributed by atoms with E-state index in [1.54, 1.807) is 12.4 Å². The monoisotopic (exact) mass is 446 g/mol. The summed E-state index contributed by atoms with van der Waals surface area (Å²) in [6.45, 7) is 3.27. The van der Waals surface area contributed by atoms with Gasteiger partial charge >= 0.3 is 0 Å². The zero-order valence-corrected chi connectivity index (χ0v) is 18.8. The number of hydrogen-bond donors (Lipinski definition) is 1. The molecule has 0 bridgehead atoms. The van der Waals surface area contributed by atoms with Gasteiger partial charge in [-0.1, -0.05) is 0 Å². The van der Waals surface area contributed by atoms with Crippen LogP contribution in [0.1, 0.15) is 50.3 Å². The van der Waals surface area contributed by atoms with Gasteiger partial charge in [0.2, 0.25) is 0 Å². The number of aromatic nitrogens is 4. The molecule has 3 fully saturated rings. The summed E-state index contributed by atoms with van der Waals surface area (Å²) in [5, 5.41) is 3.62. The van der Waals surface area contributed by atoms with Crippen LogP contribution in [-0.4, -0.2) is 58.4 Å². The number of nitrogens with zero attached hydrogens (tertiary/aromatic N) is 5. The van der Waals surface area contributed by atoms with Crippen LogP contribution in [0.3, 0.4) is 0 Å². The Morgan fingerprint density at radius 1 is 0.909 bits per heavy atom. The van der Waals surface area contributed by atoms with Crippen LogP contribution in [0, 0.1) is 0 Å². The summed E-state index contributed by atoms with van der Waals surface area (Å²) in [5.74, 6) is 3.35. The van der Waals surface area contributed by atoms with E-state index in [9.17, 15) is 0 Å². The second-order valence-corrected chi connectivity index (χ2v) is 9.28. The molecule has 8 nitrogen and oxygen atoms in total. The number of nitrogens with one attached hydrogen (secondary N) is 1. The van der Waals surface area contributed by atoms with Gasteiger partial charge in [0.1, 0.15) is 22.9 Å². The van der Waals surface area contributed by atoms with E-state index in [-0.39, 0.29) is 6.10 Å². The van der Waals surface area contributed by atoms with Gasteiger partial charge in [0.15, 0.2) is 0 Å². The third-order valence-corrected chi connectivity index (χ3v) is 6.84. The van der Waals surface area contributed by atoms with Crippen LogP contribution < -0.4 is 15.0 Å². The summed E-state index contributed by atoms with van der Waals surface area (Å²) in [5.41, 5.74) is 2.84. The number of hydrogen-bond acceptors (Lipinski definition) is 8. The van der Waals surface area contributed by atoms with E-state index >= 15 is 0 Å². The molecular formula is C25H30N6O2. The van der Waals surface area contributed by atoms with Gasteiger partial charge in [-0.2, -0.15) is 0 Å². The molecule has 172 valence electrons. The molecule has 0 atom stereocenters. The second kappa shape index (κ2) is 9.09. The Kier molecular flexibility index (Phi) is 5.68. The molecule has 0 amide bonds. The Hall–Kier alpha value is -3.00. The fourth-order valence-corrected chi connectivity index (χ4v) is 4.83. The largest absolute Gasteiger partial charge is 0.488 e. The molecule has 1 N–H and O–H groups in total. The molecule has 6 rings (SSSR count). The van der Waals surface area contributed by atoms with Crippen LogP contribution in [0.15, 0.2) is 36.8 Å².